The number of hydrogen-bond donors (Lipinski definition) is 0. The third-order valence-corrected chi connectivity index (χ3v) is 10.7. The maximum absolute atomic E-state index is 13.2. The molecule has 4 rings (SSSR count). The van der Waals surface area contributed by atoms with Gasteiger partial charge in [0.1, 0.15) is 0 Å². The van der Waals surface area contributed by atoms with Crippen LogP contribution in [0.4, 0.5) is 0 Å². The van der Waals surface area contributed by atoms with Gasteiger partial charge in [0.05, 0.1) is 11.9 Å². The molecule has 0 fully saturated rings. The minimum Gasteiger partial charge on any atom is -0.545 e. The number of fused-ring (bicyclic) bond motifs is 3. The van der Waals surface area contributed by atoms with Crippen LogP contribution in [-0.4, -0.2) is 61.0 Å². The highest BCUT2D eigenvalue weighted by Gasteiger charge is 2.29. The van der Waals surface area contributed by atoms with Gasteiger partial charge >= 0.3 is 0 Å². The predicted octanol–water partition coefficient (Wildman–Crippen LogP) is 8.44. The van der Waals surface area contributed by atoms with Crippen LogP contribution in [0, 0.1) is 0 Å². The number of carboxylic acids is 2. The van der Waals surface area contributed by atoms with E-state index in [4.69, 9.17) is 0 Å². The zero-order valence-corrected chi connectivity index (χ0v) is 31.5. The highest BCUT2D eigenvalue weighted by molar-refractivity contribution is 6.21. The van der Waals surface area contributed by atoms with Gasteiger partial charge in [-0.25, -0.2) is 0 Å². The molecule has 50 heavy (non-hydrogen) atoms. The molecule has 1 aliphatic rings. The third kappa shape index (κ3) is 10.2. The van der Waals surface area contributed by atoms with Crippen molar-refractivity contribution in [1.29, 1.82) is 0 Å². The molecule has 0 bridgehead atoms. The molecule has 0 spiro atoms. The first-order valence-electron chi connectivity index (χ1n) is 20.0. The third-order valence-electron chi connectivity index (χ3n) is 10.7. The fourth-order valence-corrected chi connectivity index (χ4v) is 8.04. The Morgan fingerprint density at radius 2 is 1.04 bits per heavy atom. The monoisotopic (exact) mass is 682 g/mol. The summed E-state index contributed by atoms with van der Waals surface area (Å²) in [6, 6.07) is 11.1. The maximum Gasteiger partial charge on any atom is 0.0724 e. The minimum atomic E-state index is -1.20. The number of carboxylic acid groups (broad SMARTS) is 2. The van der Waals surface area contributed by atoms with Gasteiger partial charge in [-0.05, 0) is 146 Å². The Labute approximate surface area is 302 Å². The lowest BCUT2D eigenvalue weighted by Crippen LogP contribution is -2.29. The summed E-state index contributed by atoms with van der Waals surface area (Å²) in [7, 11) is 0. The van der Waals surface area contributed by atoms with E-state index in [2.05, 4.69) is 37.5 Å². The summed E-state index contributed by atoms with van der Waals surface area (Å²) in [4.78, 5) is 30.4. The number of aromatic carboxylic acids is 2. The van der Waals surface area contributed by atoms with Crippen LogP contribution in [0.25, 0.3) is 33.0 Å². The average molecular weight is 683 g/mol. The molecule has 0 saturated carbocycles. The van der Waals surface area contributed by atoms with Crippen LogP contribution in [0.1, 0.15) is 149 Å². The lowest BCUT2D eigenvalue weighted by molar-refractivity contribution is -0.256. The smallest absolute Gasteiger partial charge is 0.0724 e. The second kappa shape index (κ2) is 20.6. The normalized spacial score (nSPS) is 12.0. The Bertz CT molecular complexity index is 1530. The summed E-state index contributed by atoms with van der Waals surface area (Å²) in [5.41, 5.74) is 6.21. The van der Waals surface area contributed by atoms with Gasteiger partial charge in [-0.15, -0.1) is 0 Å². The maximum atomic E-state index is 13.2. The summed E-state index contributed by atoms with van der Waals surface area (Å²) >= 11 is 0. The molecule has 3 aromatic rings. The summed E-state index contributed by atoms with van der Waals surface area (Å²) in [6.07, 6.45) is 17.6. The molecule has 0 N–H and O–H groups in total. The van der Waals surface area contributed by atoms with E-state index < -0.39 is 11.9 Å². The van der Waals surface area contributed by atoms with Crippen molar-refractivity contribution in [3.05, 3.63) is 58.7 Å². The minimum absolute atomic E-state index is 0.147. The Balaban J connectivity index is 1.75. The van der Waals surface area contributed by atoms with E-state index in [1.54, 1.807) is 12.1 Å². The van der Waals surface area contributed by atoms with Crippen molar-refractivity contribution >= 4 is 22.7 Å². The van der Waals surface area contributed by atoms with Gasteiger partial charge in [-0.2, -0.15) is 0 Å². The van der Waals surface area contributed by atoms with Crippen molar-refractivity contribution in [2.24, 2.45) is 0 Å². The molecular formula is C44H62N2O4-2. The van der Waals surface area contributed by atoms with Gasteiger partial charge in [-0.1, -0.05) is 109 Å². The zero-order valence-electron chi connectivity index (χ0n) is 31.5. The van der Waals surface area contributed by atoms with Crippen molar-refractivity contribution in [3.8, 4) is 22.3 Å². The first kappa shape index (κ1) is 39.6. The van der Waals surface area contributed by atoms with E-state index in [1.807, 2.05) is 24.3 Å². The van der Waals surface area contributed by atoms with Gasteiger partial charge in [-0.3, -0.25) is 0 Å². The summed E-state index contributed by atoms with van der Waals surface area (Å²) < 4.78 is 0. The van der Waals surface area contributed by atoms with Crippen LogP contribution in [0.2, 0.25) is 0 Å². The van der Waals surface area contributed by atoms with Gasteiger partial charge in [0.2, 0.25) is 0 Å². The fraction of sp³-hybridized carbons (Fsp3) is 0.591. The number of carbonyl (C=O) groups is 2. The van der Waals surface area contributed by atoms with E-state index in [0.29, 0.717) is 17.4 Å². The Morgan fingerprint density at radius 3 is 1.52 bits per heavy atom. The molecule has 0 aromatic heterocycles. The highest BCUT2D eigenvalue weighted by Crippen LogP contribution is 2.51. The Kier molecular flexibility index (Phi) is 16.3. The first-order valence-corrected chi connectivity index (χ1v) is 20.0. The number of benzene rings is 3. The molecule has 1 aliphatic carbocycles. The topological polar surface area (TPSA) is 86.7 Å². The molecule has 0 unspecified atom stereocenters. The van der Waals surface area contributed by atoms with Gasteiger partial charge in [0.15, 0.2) is 0 Å². The van der Waals surface area contributed by atoms with Gasteiger partial charge < -0.3 is 29.6 Å². The Morgan fingerprint density at radius 1 is 0.540 bits per heavy atom. The molecule has 0 amide bonds. The van der Waals surface area contributed by atoms with Crippen LogP contribution in [0.5, 0.6) is 0 Å². The average Bonchev–Trinajstić information content (AvgIpc) is 3.43. The molecule has 6 nitrogen and oxygen atoms in total. The molecule has 0 saturated heterocycles. The van der Waals surface area contributed by atoms with Crippen LogP contribution < -0.4 is 10.2 Å². The van der Waals surface area contributed by atoms with Crippen molar-refractivity contribution in [2.45, 2.75) is 130 Å². The van der Waals surface area contributed by atoms with Crippen LogP contribution in [-0.2, 0) is 12.8 Å². The van der Waals surface area contributed by atoms with Crippen LogP contribution >= 0.6 is 0 Å². The van der Waals surface area contributed by atoms with Crippen molar-refractivity contribution < 1.29 is 19.8 Å². The highest BCUT2D eigenvalue weighted by atomic mass is 16.4. The lowest BCUT2D eigenvalue weighted by atomic mass is 9.84. The first-order chi connectivity index (χ1) is 24.4. The number of hydrogen-bond acceptors (Lipinski definition) is 6. The van der Waals surface area contributed by atoms with Gasteiger partial charge in [0, 0.05) is 5.56 Å². The number of carbonyl (C=O) groups excluding carboxylic acids is 2. The van der Waals surface area contributed by atoms with E-state index in [0.717, 1.165) is 97.3 Å². The number of nitrogens with zero attached hydrogens (tertiary/aromatic N) is 2. The largest absolute Gasteiger partial charge is 0.545 e. The standard InChI is InChI=1S/C44H64N2O4/c1-5-9-13-26-45(27-14-10-6-2)30-18-22-36-37(23-19-31-46(28-15-11-7-3)29-16-12-8-4)42(44(49)50)38-21-17-20-35-34-25-24-33(43(47)48)32-39(34)41(36)40(35)38/h17,20-21,24-25,32H,5-16,18-19,22-23,26-31H2,1-4H3,(H,47,48)(H,49,50)/p-2. The summed E-state index contributed by atoms with van der Waals surface area (Å²) in [5, 5.41) is 26.8. The Hall–Kier alpha value is -3.22. The van der Waals surface area contributed by atoms with Crippen LogP contribution in [0.15, 0.2) is 36.4 Å². The van der Waals surface area contributed by atoms with Crippen molar-refractivity contribution in [1.82, 2.24) is 9.80 Å². The molecule has 0 aliphatic heterocycles. The molecule has 0 radical (unpaired) electrons. The van der Waals surface area contributed by atoms with Gasteiger partial charge in [0.25, 0.3) is 0 Å². The fourth-order valence-electron chi connectivity index (χ4n) is 8.04. The molecule has 0 atom stereocenters. The van der Waals surface area contributed by atoms with E-state index in [1.165, 1.54) is 77.0 Å². The quantitative estimate of drug-likeness (QED) is 0.0618. The zero-order chi connectivity index (χ0) is 35.9. The van der Waals surface area contributed by atoms with E-state index in [-0.39, 0.29) is 5.56 Å². The summed E-state index contributed by atoms with van der Waals surface area (Å²) in [5.74, 6) is -2.32. The SMILES string of the molecule is CCCCCN(CCCCC)CCCc1c(CCCN(CCCCC)CCCCC)c2c3c(cccc3c1C(=O)[O-])-c1ccc(C(=O)[O-])cc1-2. The lowest BCUT2D eigenvalue weighted by Gasteiger charge is -2.26. The predicted molar refractivity (Wildman–Crippen MR) is 205 cm³/mol. The molecule has 274 valence electrons. The number of unbranched alkanes of at least 4 members (excludes halogenated alkanes) is 8. The van der Waals surface area contributed by atoms with Crippen molar-refractivity contribution in [2.75, 3.05) is 39.3 Å². The van der Waals surface area contributed by atoms with E-state index in [9.17, 15) is 19.8 Å². The van der Waals surface area contributed by atoms with E-state index >= 15 is 0 Å². The molecular weight excluding hydrogens is 620 g/mol. The number of rotatable bonds is 26. The van der Waals surface area contributed by atoms with Crippen molar-refractivity contribution in [3.63, 3.8) is 0 Å². The molecule has 3 aromatic carbocycles. The second-order valence-electron chi connectivity index (χ2n) is 14.5. The second-order valence-corrected chi connectivity index (χ2v) is 14.5. The molecule has 6 heteroatoms. The summed E-state index contributed by atoms with van der Waals surface area (Å²) in [6.45, 7) is 15.2. The van der Waals surface area contributed by atoms with Crippen LogP contribution in [0.3, 0.4) is 0 Å². The molecule has 0 heterocycles.